The number of nitrogens with zero attached hydrogens (tertiary/aromatic N) is 2. The second-order valence-corrected chi connectivity index (χ2v) is 6.73. The van der Waals surface area contributed by atoms with Crippen molar-refractivity contribution in [2.45, 2.75) is 33.6 Å². The molecule has 0 radical (unpaired) electrons. The Hall–Kier alpha value is -1.77. The molecule has 0 aliphatic carbocycles. The Morgan fingerprint density at radius 3 is 2.86 bits per heavy atom. The minimum atomic E-state index is 0.742. The number of piperidine rings is 1. The molecule has 1 aromatic heterocycles. The topological polar surface area (TPSA) is 25.4 Å². The normalized spacial score (nSPS) is 19.0. The third-order valence-corrected chi connectivity index (χ3v) is 4.87. The second-order valence-electron chi connectivity index (χ2n) is 6.73. The van der Waals surface area contributed by atoms with E-state index in [2.05, 4.69) is 43.9 Å². The largest absolute Gasteiger partial charge is 0.494 e. The monoisotopic (exact) mass is 298 g/mol. The number of hydrogen-bond acceptors (Lipinski definition) is 3. The quantitative estimate of drug-likeness (QED) is 0.838. The number of aromatic nitrogens is 1. The average Bonchev–Trinajstić information content (AvgIpc) is 2.53. The van der Waals surface area contributed by atoms with Crippen molar-refractivity contribution in [3.8, 4) is 5.75 Å². The van der Waals surface area contributed by atoms with Gasteiger partial charge in [-0.25, -0.2) is 4.98 Å². The Bertz CT molecular complexity index is 666. The van der Waals surface area contributed by atoms with Crippen LogP contribution in [0.2, 0.25) is 0 Å². The molecule has 3 heteroatoms. The summed E-state index contributed by atoms with van der Waals surface area (Å²) >= 11 is 0. The molecule has 2 heterocycles. The van der Waals surface area contributed by atoms with Gasteiger partial charge in [0.25, 0.3) is 0 Å². The van der Waals surface area contributed by atoms with E-state index < -0.39 is 0 Å². The number of methoxy groups -OCH3 is 1. The van der Waals surface area contributed by atoms with Crippen LogP contribution < -0.4 is 9.64 Å². The highest BCUT2D eigenvalue weighted by Crippen LogP contribution is 2.35. The molecule has 1 fully saturated rings. The van der Waals surface area contributed by atoms with Crippen molar-refractivity contribution in [3.05, 3.63) is 30.0 Å². The molecule has 2 aromatic rings. The summed E-state index contributed by atoms with van der Waals surface area (Å²) in [4.78, 5) is 7.25. The molecule has 3 rings (SSSR count). The lowest BCUT2D eigenvalue weighted by Crippen LogP contribution is -2.37. The van der Waals surface area contributed by atoms with E-state index in [-0.39, 0.29) is 0 Å². The van der Waals surface area contributed by atoms with Gasteiger partial charge in [-0.05, 0) is 43.7 Å². The predicted octanol–water partition coefficient (Wildman–Crippen LogP) is 4.42. The summed E-state index contributed by atoms with van der Waals surface area (Å²) in [6, 6.07) is 8.44. The molecule has 1 atom stereocenters. The lowest BCUT2D eigenvalue weighted by molar-refractivity contribution is 0.322. The summed E-state index contributed by atoms with van der Waals surface area (Å²) in [5.41, 5.74) is 3.34. The maximum absolute atomic E-state index is 5.50. The molecule has 1 aliphatic rings. The van der Waals surface area contributed by atoms with Crippen molar-refractivity contribution in [3.63, 3.8) is 0 Å². The van der Waals surface area contributed by atoms with Gasteiger partial charge in [0.15, 0.2) is 0 Å². The first-order valence-electron chi connectivity index (χ1n) is 8.29. The summed E-state index contributed by atoms with van der Waals surface area (Å²) in [5, 5.41) is 1.20. The highest BCUT2D eigenvalue weighted by atomic mass is 16.5. The van der Waals surface area contributed by atoms with Crippen LogP contribution in [0.25, 0.3) is 10.9 Å². The van der Waals surface area contributed by atoms with Crippen molar-refractivity contribution in [1.82, 2.24) is 4.98 Å². The van der Waals surface area contributed by atoms with Crippen molar-refractivity contribution >= 4 is 16.6 Å². The first-order chi connectivity index (χ1) is 10.6. The Morgan fingerprint density at radius 1 is 1.32 bits per heavy atom. The fourth-order valence-electron chi connectivity index (χ4n) is 3.53. The Balaban J connectivity index is 2.06. The van der Waals surface area contributed by atoms with Gasteiger partial charge in [0.1, 0.15) is 11.3 Å². The first kappa shape index (κ1) is 15.1. The summed E-state index contributed by atoms with van der Waals surface area (Å²) in [5.74, 6) is 2.38. The van der Waals surface area contributed by atoms with Crippen molar-refractivity contribution in [2.75, 3.05) is 25.1 Å². The summed E-state index contributed by atoms with van der Waals surface area (Å²) in [7, 11) is 1.72. The minimum absolute atomic E-state index is 0.742. The van der Waals surface area contributed by atoms with Gasteiger partial charge in [0, 0.05) is 29.9 Å². The molecule has 118 valence electrons. The van der Waals surface area contributed by atoms with Crippen LogP contribution in [0.5, 0.6) is 5.75 Å². The van der Waals surface area contributed by atoms with Crippen LogP contribution in [0, 0.1) is 18.8 Å². The first-order valence-corrected chi connectivity index (χ1v) is 8.29. The minimum Gasteiger partial charge on any atom is -0.494 e. The molecule has 3 nitrogen and oxygen atoms in total. The molecule has 0 bridgehead atoms. The van der Waals surface area contributed by atoms with Gasteiger partial charge in [-0.15, -0.1) is 0 Å². The molecular weight excluding hydrogens is 272 g/mol. The van der Waals surface area contributed by atoms with Gasteiger partial charge >= 0.3 is 0 Å². The molecule has 0 N–H and O–H groups in total. The number of ether oxygens (including phenoxy) is 1. The van der Waals surface area contributed by atoms with E-state index in [1.165, 1.54) is 23.9 Å². The predicted molar refractivity (Wildman–Crippen MR) is 92.8 cm³/mol. The Kier molecular flexibility index (Phi) is 4.23. The van der Waals surface area contributed by atoms with Gasteiger partial charge in [0.2, 0.25) is 0 Å². The van der Waals surface area contributed by atoms with Crippen molar-refractivity contribution in [1.29, 1.82) is 0 Å². The zero-order valence-electron chi connectivity index (χ0n) is 14.1. The lowest BCUT2D eigenvalue weighted by Gasteiger charge is -2.37. The van der Waals surface area contributed by atoms with Crippen LogP contribution in [0.1, 0.15) is 32.4 Å². The molecule has 0 spiro atoms. The van der Waals surface area contributed by atoms with Gasteiger partial charge in [0.05, 0.1) is 7.11 Å². The molecule has 1 aliphatic heterocycles. The molecule has 1 unspecified atom stereocenters. The van der Waals surface area contributed by atoms with E-state index in [0.29, 0.717) is 0 Å². The third kappa shape index (κ3) is 2.77. The van der Waals surface area contributed by atoms with Gasteiger partial charge in [-0.1, -0.05) is 26.0 Å². The number of fused-ring (bicyclic) bond motifs is 1. The van der Waals surface area contributed by atoms with E-state index in [0.717, 1.165) is 41.9 Å². The zero-order valence-corrected chi connectivity index (χ0v) is 14.1. The molecule has 1 saturated heterocycles. The van der Waals surface area contributed by atoms with Crippen molar-refractivity contribution < 1.29 is 4.74 Å². The van der Waals surface area contributed by atoms with E-state index in [9.17, 15) is 0 Å². The molecular formula is C19H26N2O. The summed E-state index contributed by atoms with van der Waals surface area (Å²) in [6.45, 7) is 9.03. The van der Waals surface area contributed by atoms with Crippen LogP contribution in [-0.2, 0) is 0 Å². The molecule has 1 aromatic carbocycles. The van der Waals surface area contributed by atoms with Crippen LogP contribution in [0.4, 0.5) is 5.69 Å². The fraction of sp³-hybridized carbons (Fsp3) is 0.526. The molecule has 22 heavy (non-hydrogen) atoms. The average molecular weight is 298 g/mol. The third-order valence-electron chi connectivity index (χ3n) is 4.87. The van der Waals surface area contributed by atoms with E-state index in [1.54, 1.807) is 7.11 Å². The summed E-state index contributed by atoms with van der Waals surface area (Å²) < 4.78 is 5.50. The number of benzene rings is 1. The van der Waals surface area contributed by atoms with E-state index in [1.807, 2.05) is 6.07 Å². The standard InChI is InChI=1S/C19H26N2O/c1-13(2)15-7-6-10-21(12-15)17-11-14(3)20-19-16(17)8-5-9-18(19)22-4/h5,8-9,11,13,15H,6-7,10,12H2,1-4H3. The number of anilines is 1. The second kappa shape index (κ2) is 6.15. The smallest absolute Gasteiger partial charge is 0.145 e. The Morgan fingerprint density at radius 2 is 2.14 bits per heavy atom. The van der Waals surface area contributed by atoms with E-state index in [4.69, 9.17) is 9.72 Å². The van der Waals surface area contributed by atoms with Crippen LogP contribution in [-0.4, -0.2) is 25.2 Å². The molecule has 0 saturated carbocycles. The lowest BCUT2D eigenvalue weighted by atomic mass is 9.87. The van der Waals surface area contributed by atoms with Gasteiger partial charge < -0.3 is 9.64 Å². The van der Waals surface area contributed by atoms with Gasteiger partial charge in [-0.3, -0.25) is 0 Å². The van der Waals surface area contributed by atoms with Crippen LogP contribution in [0.15, 0.2) is 24.3 Å². The van der Waals surface area contributed by atoms with Gasteiger partial charge in [-0.2, -0.15) is 0 Å². The number of rotatable bonds is 3. The zero-order chi connectivity index (χ0) is 15.7. The van der Waals surface area contributed by atoms with Crippen LogP contribution in [0.3, 0.4) is 0 Å². The number of para-hydroxylation sites is 1. The summed E-state index contributed by atoms with van der Waals surface area (Å²) in [6.07, 6.45) is 2.62. The van der Waals surface area contributed by atoms with Crippen molar-refractivity contribution in [2.24, 2.45) is 11.8 Å². The molecule has 0 amide bonds. The number of aryl methyl sites for hydroxylation is 1. The maximum atomic E-state index is 5.50. The maximum Gasteiger partial charge on any atom is 0.145 e. The fourth-order valence-corrected chi connectivity index (χ4v) is 3.53. The SMILES string of the molecule is COc1cccc2c(N3CCCC(C(C)C)C3)cc(C)nc12. The highest BCUT2D eigenvalue weighted by Gasteiger charge is 2.24. The highest BCUT2D eigenvalue weighted by molar-refractivity contribution is 5.95. The number of pyridine rings is 1. The Labute approximate surface area is 133 Å². The van der Waals surface area contributed by atoms with E-state index >= 15 is 0 Å². The van der Waals surface area contributed by atoms with Crippen LogP contribution >= 0.6 is 0 Å². The number of hydrogen-bond donors (Lipinski definition) is 0.